The molecule has 0 fully saturated rings. The van der Waals surface area contributed by atoms with Gasteiger partial charge >= 0.3 is 0 Å². The molecule has 0 aliphatic heterocycles. The molecule has 0 spiro atoms. The molecule has 0 radical (unpaired) electrons. The van der Waals surface area contributed by atoms with Gasteiger partial charge < -0.3 is 20.4 Å². The van der Waals surface area contributed by atoms with Crippen molar-refractivity contribution in [1.29, 1.82) is 0 Å². The number of fused-ring (bicyclic) bond motifs is 3. The number of phenols is 1. The lowest BCUT2D eigenvalue weighted by atomic mass is 9.60. The van der Waals surface area contributed by atoms with Crippen LogP contribution in [0.4, 0.5) is 0 Å². The maximum absolute atomic E-state index is 13.7. The van der Waals surface area contributed by atoms with Gasteiger partial charge in [0.05, 0.1) is 5.56 Å². The number of hydrogen-bond donors (Lipinski definition) is 4. The Bertz CT molecular complexity index is 1460. The summed E-state index contributed by atoms with van der Waals surface area (Å²) in [5.74, 6) is -5.87. The minimum Gasteiger partial charge on any atom is -0.511 e. The van der Waals surface area contributed by atoms with Crippen LogP contribution in [0.15, 0.2) is 59.1 Å². The van der Waals surface area contributed by atoms with E-state index in [1.165, 1.54) is 13.0 Å². The summed E-state index contributed by atoms with van der Waals surface area (Å²) in [5.41, 5.74) is -0.998. The second kappa shape index (κ2) is 7.99. The predicted octanol–water partition coefficient (Wildman–Crippen LogP) is 3.55. The zero-order valence-electron chi connectivity index (χ0n) is 19.7. The standard InChI is InChI=1S/C28H24O8/c1-12(29)14-4-3-5-15(8-14)18-6-7-20(31)24-19(18)10-16-9-17-11-21(32)22(13(2)30)26(34)28(17,36)27(35)23(16)25(24)33/h3-8,16-17,31-32,35-36H,9-11H2,1-2H3/t16-,17+,28-/m1/s1. The maximum Gasteiger partial charge on any atom is 0.209 e. The number of rotatable bonds is 3. The molecular formula is C28H24O8. The number of aliphatic hydroxyl groups excluding tert-OH is 2. The van der Waals surface area contributed by atoms with Gasteiger partial charge in [-0.1, -0.05) is 24.3 Å². The number of hydrogen-bond acceptors (Lipinski definition) is 8. The van der Waals surface area contributed by atoms with E-state index >= 15 is 0 Å². The Morgan fingerprint density at radius 3 is 2.36 bits per heavy atom. The molecule has 0 bridgehead atoms. The Balaban J connectivity index is 1.68. The van der Waals surface area contributed by atoms with Crippen LogP contribution in [0.1, 0.15) is 53.0 Å². The third-order valence-electron chi connectivity index (χ3n) is 7.63. The van der Waals surface area contributed by atoms with Gasteiger partial charge in [-0.3, -0.25) is 19.2 Å². The van der Waals surface area contributed by atoms with Gasteiger partial charge in [0.25, 0.3) is 0 Å². The van der Waals surface area contributed by atoms with E-state index < -0.39 is 51.9 Å². The Morgan fingerprint density at radius 2 is 1.69 bits per heavy atom. The molecule has 3 aliphatic carbocycles. The Hall–Kier alpha value is -4.04. The molecule has 184 valence electrons. The molecule has 0 heterocycles. The van der Waals surface area contributed by atoms with Gasteiger partial charge in [-0.25, -0.2) is 0 Å². The topological polar surface area (TPSA) is 149 Å². The molecule has 0 saturated carbocycles. The van der Waals surface area contributed by atoms with Gasteiger partial charge in [-0.2, -0.15) is 0 Å². The highest BCUT2D eigenvalue weighted by Crippen LogP contribution is 2.52. The molecule has 2 aromatic carbocycles. The van der Waals surface area contributed by atoms with Crippen molar-refractivity contribution < 1.29 is 39.6 Å². The third kappa shape index (κ3) is 3.18. The number of aromatic hydroxyl groups is 1. The second-order valence-corrected chi connectivity index (χ2v) is 9.73. The molecular weight excluding hydrogens is 464 g/mol. The largest absolute Gasteiger partial charge is 0.511 e. The number of Topliss-reactive ketones (excluding diaryl/α,β-unsaturated/α-hetero) is 4. The summed E-state index contributed by atoms with van der Waals surface area (Å²) < 4.78 is 0. The van der Waals surface area contributed by atoms with Gasteiger partial charge in [-0.15, -0.1) is 0 Å². The van der Waals surface area contributed by atoms with E-state index in [-0.39, 0.29) is 41.9 Å². The number of aliphatic hydroxyl groups is 3. The van der Waals surface area contributed by atoms with Crippen molar-refractivity contribution in [3.63, 3.8) is 0 Å². The molecule has 36 heavy (non-hydrogen) atoms. The zero-order chi connectivity index (χ0) is 26.1. The average molecular weight is 488 g/mol. The highest BCUT2D eigenvalue weighted by molar-refractivity contribution is 6.25. The predicted molar refractivity (Wildman–Crippen MR) is 128 cm³/mol. The number of carbonyl (C=O) groups excluding carboxylic acids is 4. The molecule has 0 saturated heterocycles. The fourth-order valence-corrected chi connectivity index (χ4v) is 5.90. The average Bonchev–Trinajstić information content (AvgIpc) is 2.81. The summed E-state index contributed by atoms with van der Waals surface area (Å²) in [6.45, 7) is 2.52. The van der Waals surface area contributed by atoms with Crippen LogP contribution >= 0.6 is 0 Å². The van der Waals surface area contributed by atoms with Crippen molar-refractivity contribution in [2.24, 2.45) is 11.8 Å². The van der Waals surface area contributed by atoms with Gasteiger partial charge in [0.2, 0.25) is 5.78 Å². The molecule has 4 N–H and O–H groups in total. The highest BCUT2D eigenvalue weighted by atomic mass is 16.3. The van der Waals surface area contributed by atoms with E-state index in [4.69, 9.17) is 0 Å². The zero-order valence-corrected chi connectivity index (χ0v) is 19.7. The van der Waals surface area contributed by atoms with Crippen LogP contribution in [0, 0.1) is 11.8 Å². The van der Waals surface area contributed by atoms with Crippen molar-refractivity contribution in [3.05, 3.63) is 75.8 Å². The molecule has 0 unspecified atom stereocenters. The summed E-state index contributed by atoms with van der Waals surface area (Å²) in [6, 6.07) is 9.91. The summed E-state index contributed by atoms with van der Waals surface area (Å²) in [5, 5.41) is 43.5. The number of allylic oxidation sites excluding steroid dienone is 2. The highest BCUT2D eigenvalue weighted by Gasteiger charge is 2.59. The van der Waals surface area contributed by atoms with Crippen LogP contribution in [0.25, 0.3) is 11.1 Å². The smallest absolute Gasteiger partial charge is 0.209 e. The molecule has 3 atom stereocenters. The lowest BCUT2D eigenvalue weighted by molar-refractivity contribution is -0.144. The summed E-state index contributed by atoms with van der Waals surface area (Å²) >= 11 is 0. The number of phenolic OH excluding ortho intramolecular Hbond substituents is 1. The van der Waals surface area contributed by atoms with Crippen molar-refractivity contribution in [1.82, 2.24) is 0 Å². The molecule has 8 heteroatoms. The summed E-state index contributed by atoms with van der Waals surface area (Å²) in [4.78, 5) is 50.6. The minimum absolute atomic E-state index is 0.0472. The SMILES string of the molecule is CC(=O)C1=C(O)C[C@@H]2C[C@@H]3Cc4c(-c5cccc(C(C)=O)c5)ccc(O)c4C(=O)C3=C(O)[C@]2(O)C1=O. The molecule has 0 aromatic heterocycles. The first-order chi connectivity index (χ1) is 17.0. The van der Waals surface area contributed by atoms with Gasteiger partial charge in [0.15, 0.2) is 23.0 Å². The van der Waals surface area contributed by atoms with Crippen LogP contribution in [-0.2, 0) is 16.0 Å². The van der Waals surface area contributed by atoms with Crippen molar-refractivity contribution in [2.75, 3.05) is 0 Å². The van der Waals surface area contributed by atoms with Crippen LogP contribution in [0.2, 0.25) is 0 Å². The van der Waals surface area contributed by atoms with E-state index in [2.05, 4.69) is 0 Å². The summed E-state index contributed by atoms with van der Waals surface area (Å²) in [7, 11) is 0. The van der Waals surface area contributed by atoms with Gasteiger partial charge in [0.1, 0.15) is 22.8 Å². The molecule has 8 nitrogen and oxygen atoms in total. The normalized spacial score (nSPS) is 25.3. The molecule has 0 amide bonds. The first-order valence-electron chi connectivity index (χ1n) is 11.6. The van der Waals surface area contributed by atoms with Crippen molar-refractivity contribution in [2.45, 2.75) is 38.7 Å². The quantitative estimate of drug-likeness (QED) is 0.379. The van der Waals surface area contributed by atoms with Crippen LogP contribution in [0.5, 0.6) is 5.75 Å². The van der Waals surface area contributed by atoms with E-state index in [0.29, 0.717) is 22.3 Å². The van der Waals surface area contributed by atoms with E-state index in [9.17, 15) is 39.6 Å². The number of carbonyl (C=O) groups is 4. The van der Waals surface area contributed by atoms with E-state index in [0.717, 1.165) is 6.92 Å². The van der Waals surface area contributed by atoms with Crippen molar-refractivity contribution in [3.8, 4) is 16.9 Å². The fourth-order valence-electron chi connectivity index (χ4n) is 5.90. The minimum atomic E-state index is -2.52. The monoisotopic (exact) mass is 488 g/mol. The van der Waals surface area contributed by atoms with Gasteiger partial charge in [0, 0.05) is 23.5 Å². The Kier molecular flexibility index (Phi) is 5.26. The Morgan fingerprint density at radius 1 is 0.972 bits per heavy atom. The fraction of sp³-hybridized carbons (Fsp3) is 0.286. The lowest BCUT2D eigenvalue weighted by Crippen LogP contribution is -2.56. The first-order valence-corrected chi connectivity index (χ1v) is 11.6. The second-order valence-electron chi connectivity index (χ2n) is 9.73. The first kappa shape index (κ1) is 23.7. The Labute approximate surface area is 206 Å². The number of ketones is 4. The maximum atomic E-state index is 13.7. The van der Waals surface area contributed by atoms with Crippen molar-refractivity contribution >= 4 is 23.1 Å². The van der Waals surface area contributed by atoms with Crippen LogP contribution in [-0.4, -0.2) is 49.2 Å². The summed E-state index contributed by atoms with van der Waals surface area (Å²) in [6.07, 6.45) is 0.0869. The molecule has 2 aromatic rings. The van der Waals surface area contributed by atoms with E-state index in [1.54, 1.807) is 30.3 Å². The lowest BCUT2D eigenvalue weighted by Gasteiger charge is -2.45. The third-order valence-corrected chi connectivity index (χ3v) is 7.63. The van der Waals surface area contributed by atoms with Gasteiger partial charge in [-0.05, 0) is 61.4 Å². The van der Waals surface area contributed by atoms with E-state index in [1.807, 2.05) is 0 Å². The number of benzene rings is 2. The van der Waals surface area contributed by atoms with Crippen LogP contribution in [0.3, 0.4) is 0 Å². The van der Waals surface area contributed by atoms with Crippen LogP contribution < -0.4 is 0 Å². The molecule has 3 aliphatic rings. The molecule has 5 rings (SSSR count).